The number of rotatable bonds is 34. The fourth-order valence-corrected chi connectivity index (χ4v) is 6.74. The molecule has 90 heavy (non-hydrogen) atoms. The molecule has 0 saturated heterocycles. The standard InChI is InChI=1S/C32H18F50NO6P/c33-9(34,11(37,38)13(41,42)15(45,46)17(49,50)19(53,54)21(57,58)22(59,60)24(63,64)26(67,68)28(71,72)30(75,76)32(80,81)82)1-7-87-90(86,89-83(3-5-84)4-6-85)88-8-2-10(35,36)12(39,40)14(43,44)16(47,48)18(51,52)20(55,56)23(61,62)25(65,66)27(69,70)29(73,74)31(77,78)79/h84-85H,1-8H2. The first kappa shape index (κ1) is 86.5. The maximum absolute atomic E-state index is 14.6. The van der Waals surface area contributed by atoms with Crippen molar-refractivity contribution < 1.29 is 248 Å². The van der Waals surface area contributed by atoms with E-state index in [-0.39, 0.29) is 0 Å². The normalized spacial score (nSPS) is 17.4. The summed E-state index contributed by atoms with van der Waals surface area (Å²) in [6.45, 7) is -13.7. The molecule has 0 aliphatic heterocycles. The van der Waals surface area contributed by atoms with Gasteiger partial charge in [0, 0.05) is 25.9 Å². The molecule has 7 nitrogen and oxygen atoms in total. The molecule has 0 aliphatic rings. The predicted octanol–water partition coefficient (Wildman–Crippen LogP) is 16.2. The monoisotopic (exact) mass is 1490 g/mol. The van der Waals surface area contributed by atoms with Gasteiger partial charge in [0.1, 0.15) is 0 Å². The van der Waals surface area contributed by atoms with E-state index in [1.54, 1.807) is 0 Å². The molecule has 2 N–H and O–H groups in total. The van der Waals surface area contributed by atoms with Gasteiger partial charge in [-0.25, -0.2) is 4.57 Å². The van der Waals surface area contributed by atoms with Crippen molar-refractivity contribution in [3.63, 3.8) is 0 Å². The quantitative estimate of drug-likeness (QED) is 0.0377. The van der Waals surface area contributed by atoms with Crippen molar-refractivity contribution in [2.45, 2.75) is 155 Å². The molecule has 0 rings (SSSR count). The molecule has 1 atom stereocenters. The van der Waals surface area contributed by atoms with E-state index in [4.69, 9.17) is 10.2 Å². The number of hydrogen-bond acceptors (Lipinski definition) is 7. The minimum atomic E-state index is -10.2. The summed E-state index contributed by atoms with van der Waals surface area (Å²) in [5.74, 6) is -210. The lowest BCUT2D eigenvalue weighted by molar-refractivity contribution is -0.485. The molecule has 0 radical (unpaired) electrons. The number of phosphoric acid groups is 1. The number of phosphoric ester groups is 1. The summed E-state index contributed by atoms with van der Waals surface area (Å²) in [7, 11) is -7.33. The van der Waals surface area contributed by atoms with Crippen molar-refractivity contribution in [2.24, 2.45) is 0 Å². The molecule has 0 aromatic rings. The Kier molecular flexibility index (Phi) is 22.8. The average Bonchev–Trinajstić information content (AvgIpc) is 3.31. The maximum Gasteiger partial charge on any atom is 0.491 e. The van der Waals surface area contributed by atoms with Crippen LogP contribution in [0.25, 0.3) is 0 Å². The Hall–Kier alpha value is -3.51. The summed E-state index contributed by atoms with van der Waals surface area (Å²) in [6.07, 6.45) is -25.3. The Balaban J connectivity index is 7.52. The van der Waals surface area contributed by atoms with Crippen LogP contribution in [0.15, 0.2) is 0 Å². The summed E-state index contributed by atoms with van der Waals surface area (Å²) in [5, 5.41) is 17.1. The summed E-state index contributed by atoms with van der Waals surface area (Å²) in [5.41, 5.74) is 0. The molecular weight excluding hydrogens is 1480 g/mol. The highest BCUT2D eigenvalue weighted by Gasteiger charge is 3.02. The molecule has 0 aromatic carbocycles. The molecule has 0 aromatic heterocycles. The Labute approximate surface area is 457 Å². The molecule has 0 spiro atoms. The third-order valence-corrected chi connectivity index (χ3v) is 12.4. The van der Waals surface area contributed by atoms with Crippen molar-refractivity contribution in [3.8, 4) is 0 Å². The number of aliphatic hydroxyl groups excluding tert-OH is 2. The second-order valence-corrected chi connectivity index (χ2v) is 18.5. The van der Waals surface area contributed by atoms with Gasteiger partial charge in [0.2, 0.25) is 0 Å². The van der Waals surface area contributed by atoms with E-state index in [2.05, 4.69) is 13.7 Å². The third kappa shape index (κ3) is 12.0. The number of halogens is 50. The number of aliphatic hydroxyl groups is 2. The summed E-state index contributed by atoms with van der Waals surface area (Å²) in [6, 6.07) is 0. The van der Waals surface area contributed by atoms with Crippen LogP contribution in [-0.4, -0.2) is 197 Å². The molecule has 0 amide bonds. The summed E-state index contributed by atoms with van der Waals surface area (Å²) >= 11 is 0. The van der Waals surface area contributed by atoms with Crippen LogP contribution in [0.4, 0.5) is 220 Å². The summed E-state index contributed by atoms with van der Waals surface area (Å²) < 4.78 is 713. The number of alkyl halides is 50. The fourth-order valence-electron chi connectivity index (χ4n) is 5.50. The largest absolute Gasteiger partial charge is 0.491 e. The van der Waals surface area contributed by atoms with E-state index >= 15 is 0 Å². The lowest BCUT2D eigenvalue weighted by Gasteiger charge is -2.46. The van der Waals surface area contributed by atoms with Gasteiger partial charge >= 0.3 is 150 Å². The number of hydrogen-bond donors (Lipinski definition) is 2. The van der Waals surface area contributed by atoms with Gasteiger partial charge in [-0.15, -0.1) is 0 Å². The lowest BCUT2D eigenvalue weighted by Crippen LogP contribution is -2.78. The second-order valence-electron chi connectivity index (χ2n) is 17.0. The van der Waals surface area contributed by atoms with Crippen LogP contribution in [0.2, 0.25) is 0 Å². The SMILES string of the molecule is O=P(OCCC(F)(F)C(F)(F)C(F)(F)C(F)(F)C(F)(F)C(F)(F)C(F)(F)C(F)(F)C(F)(F)C(F)(F)C(F)(F)F)(OCCC(F)(F)C(F)(F)C(F)(F)C(F)(F)C(F)(F)C(F)(F)C(F)(F)C(F)(F)C(F)(F)C(F)(F)C(F)(F)C(F)(F)C(F)(F)F)ON(CCO)CCO. The van der Waals surface area contributed by atoms with E-state index in [0.29, 0.717) is 0 Å². The van der Waals surface area contributed by atoms with Crippen molar-refractivity contribution in [3.05, 3.63) is 0 Å². The van der Waals surface area contributed by atoms with E-state index in [9.17, 15) is 224 Å². The van der Waals surface area contributed by atoms with Crippen molar-refractivity contribution in [2.75, 3.05) is 39.5 Å². The predicted molar refractivity (Wildman–Crippen MR) is 177 cm³/mol. The van der Waals surface area contributed by atoms with Gasteiger partial charge in [0.05, 0.1) is 26.4 Å². The van der Waals surface area contributed by atoms with Crippen LogP contribution in [0, 0.1) is 0 Å². The first-order valence-corrected chi connectivity index (χ1v) is 21.9. The smallest absolute Gasteiger partial charge is 0.395 e. The van der Waals surface area contributed by atoms with Gasteiger partial charge in [-0.1, -0.05) is 0 Å². The van der Waals surface area contributed by atoms with Crippen LogP contribution >= 0.6 is 7.82 Å². The molecule has 0 saturated carbocycles. The Bertz CT molecular complexity index is 2490. The zero-order chi connectivity index (χ0) is 73.9. The minimum absolute atomic E-state index is 0.659. The third-order valence-electron chi connectivity index (χ3n) is 11.0. The van der Waals surface area contributed by atoms with Crippen LogP contribution in [0.1, 0.15) is 12.8 Å². The van der Waals surface area contributed by atoms with Crippen LogP contribution in [0.3, 0.4) is 0 Å². The molecule has 1 unspecified atom stereocenters. The van der Waals surface area contributed by atoms with E-state index in [0.717, 1.165) is 0 Å². The molecule has 0 bridgehead atoms. The fraction of sp³-hybridized carbons (Fsp3) is 1.00. The Morgan fingerprint density at radius 3 is 0.533 bits per heavy atom. The van der Waals surface area contributed by atoms with E-state index in [1.165, 1.54) is 0 Å². The maximum atomic E-state index is 14.6. The molecule has 0 aliphatic carbocycles. The molecule has 542 valence electrons. The van der Waals surface area contributed by atoms with Gasteiger partial charge in [-0.05, 0) is 0 Å². The topological polar surface area (TPSA) is 88.5 Å². The number of nitrogens with zero attached hydrogens (tertiary/aromatic N) is 1. The molecule has 0 fully saturated rings. The van der Waals surface area contributed by atoms with Gasteiger partial charge in [0.25, 0.3) is 0 Å². The van der Waals surface area contributed by atoms with Crippen LogP contribution in [0.5, 0.6) is 0 Å². The average molecular weight is 1490 g/mol. The van der Waals surface area contributed by atoms with Gasteiger partial charge < -0.3 is 10.2 Å². The van der Waals surface area contributed by atoms with E-state index in [1.807, 2.05) is 0 Å². The molecule has 58 heteroatoms. The Morgan fingerprint density at radius 1 is 0.244 bits per heavy atom. The van der Waals surface area contributed by atoms with Gasteiger partial charge in [-0.2, -0.15) is 229 Å². The highest BCUT2D eigenvalue weighted by atomic mass is 31.2. The van der Waals surface area contributed by atoms with E-state index < -0.39 is 208 Å². The van der Waals surface area contributed by atoms with Crippen molar-refractivity contribution in [1.82, 2.24) is 5.06 Å². The zero-order valence-electron chi connectivity index (χ0n) is 40.0. The highest BCUT2D eigenvalue weighted by molar-refractivity contribution is 7.48. The van der Waals surface area contributed by atoms with Crippen LogP contribution < -0.4 is 0 Å². The van der Waals surface area contributed by atoms with Gasteiger partial charge in [-0.3, -0.25) is 9.05 Å². The zero-order valence-corrected chi connectivity index (χ0v) is 40.9. The van der Waals surface area contributed by atoms with Crippen molar-refractivity contribution in [1.29, 1.82) is 0 Å². The minimum Gasteiger partial charge on any atom is -0.395 e. The molecular formula is C32H18F50NO6P. The van der Waals surface area contributed by atoms with Crippen molar-refractivity contribution >= 4 is 7.82 Å². The first-order chi connectivity index (χ1) is 38.4. The summed E-state index contributed by atoms with van der Waals surface area (Å²) in [4.78, 5) is 0. The molecule has 0 heterocycles. The van der Waals surface area contributed by atoms with Crippen LogP contribution in [-0.2, 0) is 18.2 Å². The number of hydroxylamine groups is 2. The van der Waals surface area contributed by atoms with Gasteiger partial charge in [0.15, 0.2) is 0 Å². The lowest BCUT2D eigenvalue weighted by atomic mass is 9.84. The second kappa shape index (κ2) is 23.7. The highest BCUT2D eigenvalue weighted by Crippen LogP contribution is 2.71. The first-order valence-electron chi connectivity index (χ1n) is 20.4. The Morgan fingerprint density at radius 2 is 0.389 bits per heavy atom.